The summed E-state index contributed by atoms with van der Waals surface area (Å²) in [5.41, 5.74) is 0.741. The molecular weight excluding hydrogens is 174 g/mol. The maximum atomic E-state index is 13.4. The Balaban J connectivity index is 2.63. The summed E-state index contributed by atoms with van der Waals surface area (Å²) >= 11 is 0. The minimum Gasteiger partial charge on any atom is -0.490 e. The van der Waals surface area contributed by atoms with Gasteiger partial charge in [-0.1, -0.05) is 0 Å². The Kier molecular flexibility index (Phi) is 1.94. The van der Waals surface area contributed by atoms with E-state index in [0.29, 0.717) is 24.2 Å². The van der Waals surface area contributed by atoms with Crippen molar-refractivity contribution in [3.8, 4) is 5.75 Å². The third kappa shape index (κ3) is 1.28. The van der Waals surface area contributed by atoms with Gasteiger partial charge < -0.3 is 4.74 Å². The molecule has 0 bridgehead atoms. The van der Waals surface area contributed by atoms with Gasteiger partial charge in [0.2, 0.25) is 0 Å². The van der Waals surface area contributed by atoms with Gasteiger partial charge in [0, 0.05) is 5.56 Å². The largest absolute Gasteiger partial charge is 0.490 e. The highest BCUT2D eigenvalue weighted by Crippen LogP contribution is 2.31. The Morgan fingerprint density at radius 1 is 1.38 bits per heavy atom. The molecule has 0 atom stereocenters. The Labute approximate surface area is 75.3 Å². The van der Waals surface area contributed by atoms with Crippen LogP contribution in [0.3, 0.4) is 0 Å². The molecule has 0 saturated carbocycles. The van der Waals surface area contributed by atoms with Gasteiger partial charge in [-0.05, 0) is 31.4 Å². The number of hydrogen-bond acceptors (Lipinski definition) is 1. The molecule has 1 heterocycles. The number of rotatable bonds is 0. The van der Waals surface area contributed by atoms with Gasteiger partial charge in [-0.25, -0.2) is 8.78 Å². The highest BCUT2D eigenvalue weighted by atomic mass is 19.1. The number of benzene rings is 1. The monoisotopic (exact) mass is 184 g/mol. The van der Waals surface area contributed by atoms with Crippen molar-refractivity contribution in [1.29, 1.82) is 0 Å². The lowest BCUT2D eigenvalue weighted by Gasteiger charge is -2.19. The molecule has 2 rings (SSSR count). The molecule has 0 saturated heterocycles. The van der Waals surface area contributed by atoms with Crippen molar-refractivity contribution in [3.63, 3.8) is 0 Å². The Morgan fingerprint density at radius 2 is 2.15 bits per heavy atom. The van der Waals surface area contributed by atoms with E-state index >= 15 is 0 Å². The smallest absolute Gasteiger partial charge is 0.165 e. The Bertz CT molecular complexity index is 347. The molecular formula is C10H10F2O. The van der Waals surface area contributed by atoms with Crippen molar-refractivity contribution in [2.24, 2.45) is 0 Å². The highest BCUT2D eigenvalue weighted by Gasteiger charge is 2.20. The summed E-state index contributed by atoms with van der Waals surface area (Å²) in [4.78, 5) is 0. The lowest BCUT2D eigenvalue weighted by molar-refractivity contribution is 0.268. The van der Waals surface area contributed by atoms with Crippen LogP contribution < -0.4 is 4.74 Å². The van der Waals surface area contributed by atoms with Crippen LogP contribution in [-0.2, 0) is 6.42 Å². The molecule has 0 amide bonds. The number of hydrogen-bond donors (Lipinski definition) is 0. The molecule has 0 spiro atoms. The Hall–Kier alpha value is -1.12. The molecule has 1 aromatic carbocycles. The number of aryl methyl sites for hydroxylation is 1. The van der Waals surface area contributed by atoms with E-state index in [9.17, 15) is 8.78 Å². The summed E-state index contributed by atoms with van der Waals surface area (Å²) in [5.74, 6) is -0.668. The maximum absolute atomic E-state index is 13.4. The van der Waals surface area contributed by atoms with Gasteiger partial charge in [0.25, 0.3) is 0 Å². The average molecular weight is 184 g/mol. The standard InChI is InChI=1S/C10H10F2O/c1-6-5-8(11)10-7(9(6)12)3-2-4-13-10/h5H,2-4H2,1H3. The van der Waals surface area contributed by atoms with Crippen LogP contribution in [-0.4, -0.2) is 6.61 Å². The van der Waals surface area contributed by atoms with Crippen LogP contribution in [0.25, 0.3) is 0 Å². The number of ether oxygens (including phenoxy) is 1. The molecule has 1 aliphatic rings. The predicted octanol–water partition coefficient (Wildman–Crippen LogP) is 2.60. The maximum Gasteiger partial charge on any atom is 0.165 e. The molecule has 13 heavy (non-hydrogen) atoms. The summed E-state index contributed by atoms with van der Waals surface area (Å²) in [7, 11) is 0. The fourth-order valence-electron chi connectivity index (χ4n) is 1.60. The first-order valence-electron chi connectivity index (χ1n) is 4.30. The van der Waals surface area contributed by atoms with Crippen LogP contribution in [0.1, 0.15) is 17.5 Å². The zero-order valence-corrected chi connectivity index (χ0v) is 7.36. The summed E-state index contributed by atoms with van der Waals surface area (Å²) in [6, 6.07) is 1.18. The van der Waals surface area contributed by atoms with Crippen LogP contribution in [0.4, 0.5) is 8.78 Å². The highest BCUT2D eigenvalue weighted by molar-refractivity contribution is 5.41. The van der Waals surface area contributed by atoms with E-state index in [2.05, 4.69) is 0 Å². The number of fused-ring (bicyclic) bond motifs is 1. The van der Waals surface area contributed by atoms with Gasteiger partial charge in [-0.3, -0.25) is 0 Å². The van der Waals surface area contributed by atoms with E-state index < -0.39 is 5.82 Å². The molecule has 1 nitrogen and oxygen atoms in total. The fourth-order valence-corrected chi connectivity index (χ4v) is 1.60. The van der Waals surface area contributed by atoms with Crippen molar-refractivity contribution in [2.45, 2.75) is 19.8 Å². The molecule has 0 aliphatic carbocycles. The van der Waals surface area contributed by atoms with Crippen LogP contribution in [0.2, 0.25) is 0 Å². The van der Waals surface area contributed by atoms with Crippen molar-refractivity contribution in [3.05, 3.63) is 28.8 Å². The lowest BCUT2D eigenvalue weighted by Crippen LogP contribution is -2.12. The molecule has 70 valence electrons. The first-order valence-corrected chi connectivity index (χ1v) is 4.30. The van der Waals surface area contributed by atoms with Crippen LogP contribution >= 0.6 is 0 Å². The quantitative estimate of drug-likeness (QED) is 0.602. The summed E-state index contributed by atoms with van der Waals surface area (Å²) in [6.07, 6.45) is 1.33. The topological polar surface area (TPSA) is 9.23 Å². The summed E-state index contributed by atoms with van der Waals surface area (Å²) < 4.78 is 31.7. The van der Waals surface area contributed by atoms with Crippen molar-refractivity contribution in [2.75, 3.05) is 6.61 Å². The van der Waals surface area contributed by atoms with E-state index in [1.54, 1.807) is 6.92 Å². The second-order valence-corrected chi connectivity index (χ2v) is 3.25. The Morgan fingerprint density at radius 3 is 2.92 bits per heavy atom. The summed E-state index contributed by atoms with van der Waals surface area (Å²) in [5, 5.41) is 0. The second-order valence-electron chi connectivity index (χ2n) is 3.25. The third-order valence-electron chi connectivity index (χ3n) is 2.26. The normalized spacial score (nSPS) is 15.0. The van der Waals surface area contributed by atoms with E-state index in [4.69, 9.17) is 4.74 Å². The van der Waals surface area contributed by atoms with E-state index in [0.717, 1.165) is 6.42 Å². The zero-order valence-electron chi connectivity index (χ0n) is 7.36. The molecule has 0 aromatic heterocycles. The van der Waals surface area contributed by atoms with Gasteiger partial charge in [-0.15, -0.1) is 0 Å². The van der Waals surface area contributed by atoms with Crippen molar-refractivity contribution < 1.29 is 13.5 Å². The first-order chi connectivity index (χ1) is 6.20. The minimum absolute atomic E-state index is 0.106. The SMILES string of the molecule is Cc1cc(F)c2c(c1F)CCCO2. The van der Waals surface area contributed by atoms with Gasteiger partial charge in [0.05, 0.1) is 6.61 Å². The molecule has 1 aromatic rings. The fraction of sp³-hybridized carbons (Fsp3) is 0.400. The van der Waals surface area contributed by atoms with Crippen LogP contribution in [0.5, 0.6) is 5.75 Å². The zero-order chi connectivity index (χ0) is 9.42. The molecule has 0 N–H and O–H groups in total. The number of halogens is 2. The average Bonchev–Trinajstić information content (AvgIpc) is 2.15. The minimum atomic E-state index is -0.450. The molecule has 0 unspecified atom stereocenters. The van der Waals surface area contributed by atoms with E-state index in [-0.39, 0.29) is 11.6 Å². The predicted molar refractivity (Wildman–Crippen MR) is 44.9 cm³/mol. The lowest BCUT2D eigenvalue weighted by atomic mass is 10.0. The molecule has 0 radical (unpaired) electrons. The van der Waals surface area contributed by atoms with Gasteiger partial charge in [0.15, 0.2) is 11.6 Å². The van der Waals surface area contributed by atoms with Gasteiger partial charge in [-0.2, -0.15) is 0 Å². The van der Waals surface area contributed by atoms with Gasteiger partial charge in [0.1, 0.15) is 5.82 Å². The van der Waals surface area contributed by atoms with Crippen LogP contribution in [0.15, 0.2) is 6.07 Å². The van der Waals surface area contributed by atoms with Crippen LogP contribution in [0, 0.1) is 18.6 Å². The molecule has 0 fully saturated rings. The second kappa shape index (κ2) is 2.98. The first kappa shape index (κ1) is 8.48. The van der Waals surface area contributed by atoms with Crippen molar-refractivity contribution in [1.82, 2.24) is 0 Å². The third-order valence-corrected chi connectivity index (χ3v) is 2.26. The van der Waals surface area contributed by atoms with E-state index in [1.807, 2.05) is 0 Å². The molecule has 3 heteroatoms. The molecule has 1 aliphatic heterocycles. The summed E-state index contributed by atoms with van der Waals surface area (Å²) in [6.45, 7) is 2.04. The van der Waals surface area contributed by atoms with E-state index in [1.165, 1.54) is 6.07 Å². The van der Waals surface area contributed by atoms with Crippen molar-refractivity contribution >= 4 is 0 Å². The van der Waals surface area contributed by atoms with Gasteiger partial charge >= 0.3 is 0 Å².